The Morgan fingerprint density at radius 3 is 2.17 bits per heavy atom. The Morgan fingerprint density at radius 2 is 1.50 bits per heavy atom. The van der Waals surface area contributed by atoms with Crippen molar-refractivity contribution in [2.24, 2.45) is 0 Å². The number of aryl methyl sites for hydroxylation is 1. The van der Waals surface area contributed by atoms with Crippen LogP contribution >= 0.6 is 11.6 Å². The lowest BCUT2D eigenvalue weighted by atomic mass is 10.1. The highest BCUT2D eigenvalue weighted by Crippen LogP contribution is 2.27. The minimum Gasteiger partial charge on any atom is -0.492 e. The van der Waals surface area contributed by atoms with Crippen molar-refractivity contribution in [3.63, 3.8) is 0 Å². The Kier molecular flexibility index (Phi) is 11.7. The summed E-state index contributed by atoms with van der Waals surface area (Å²) in [6, 6.07) is 12.2. The first-order chi connectivity index (χ1) is 17.6. The molecule has 2 aromatic carbocycles. The summed E-state index contributed by atoms with van der Waals surface area (Å²) in [7, 11) is 0. The maximum atomic E-state index is 12.6. The molecule has 0 saturated heterocycles. The Balaban J connectivity index is 1.50. The predicted molar refractivity (Wildman–Crippen MR) is 146 cm³/mol. The van der Waals surface area contributed by atoms with Gasteiger partial charge in [0.25, 0.3) is 0 Å². The smallest absolute Gasteiger partial charge is 0.343 e. The number of ether oxygens (including phenoxy) is 2. The van der Waals surface area contributed by atoms with Crippen LogP contribution in [0.2, 0.25) is 5.02 Å². The molecule has 0 aliphatic heterocycles. The molecular formula is C30H37ClN2O3. The predicted octanol–water partition coefficient (Wildman–Crippen LogP) is 8.49. The van der Waals surface area contributed by atoms with Gasteiger partial charge in [0.2, 0.25) is 0 Å². The molecule has 0 N–H and O–H groups in total. The molecule has 0 unspecified atom stereocenters. The van der Waals surface area contributed by atoms with Crippen LogP contribution in [0.25, 0.3) is 11.4 Å². The van der Waals surface area contributed by atoms with Gasteiger partial charge < -0.3 is 9.47 Å². The van der Waals surface area contributed by atoms with Gasteiger partial charge in [0.1, 0.15) is 11.5 Å². The summed E-state index contributed by atoms with van der Waals surface area (Å²) >= 11 is 6.33. The number of nitrogens with zero attached hydrogens (tertiary/aromatic N) is 2. The topological polar surface area (TPSA) is 61.3 Å². The number of carbonyl (C=O) groups is 1. The number of halogens is 1. The van der Waals surface area contributed by atoms with Crippen LogP contribution < -0.4 is 9.47 Å². The molecule has 3 aromatic rings. The Bertz CT molecular complexity index is 1070. The fourth-order valence-electron chi connectivity index (χ4n) is 3.86. The average Bonchev–Trinajstić information content (AvgIpc) is 2.90. The molecule has 0 spiro atoms. The van der Waals surface area contributed by atoms with Gasteiger partial charge in [0.05, 0.1) is 17.2 Å². The molecule has 36 heavy (non-hydrogen) atoms. The van der Waals surface area contributed by atoms with Crippen LogP contribution in [0.1, 0.15) is 87.6 Å². The third-order valence-electron chi connectivity index (χ3n) is 6.02. The summed E-state index contributed by atoms with van der Waals surface area (Å²) in [6.45, 7) is 5.03. The molecule has 0 fully saturated rings. The molecule has 0 amide bonds. The molecule has 1 heterocycles. The minimum absolute atomic E-state index is 0.372. The molecule has 1 aromatic heterocycles. The molecule has 5 nitrogen and oxygen atoms in total. The lowest BCUT2D eigenvalue weighted by Crippen LogP contribution is -2.08. The van der Waals surface area contributed by atoms with E-state index in [1.807, 2.05) is 24.5 Å². The Morgan fingerprint density at radius 1 is 0.833 bits per heavy atom. The van der Waals surface area contributed by atoms with Crippen molar-refractivity contribution in [1.29, 1.82) is 0 Å². The van der Waals surface area contributed by atoms with Crippen LogP contribution in [0.5, 0.6) is 11.5 Å². The number of benzene rings is 2. The largest absolute Gasteiger partial charge is 0.492 e. The van der Waals surface area contributed by atoms with Crippen LogP contribution in [0.4, 0.5) is 0 Å². The van der Waals surface area contributed by atoms with E-state index in [1.165, 1.54) is 38.5 Å². The molecule has 192 valence electrons. The van der Waals surface area contributed by atoms with Gasteiger partial charge in [-0.15, -0.1) is 0 Å². The highest BCUT2D eigenvalue weighted by atomic mass is 35.5. The first-order valence-corrected chi connectivity index (χ1v) is 13.5. The maximum absolute atomic E-state index is 12.6. The van der Waals surface area contributed by atoms with Crippen molar-refractivity contribution < 1.29 is 14.3 Å². The van der Waals surface area contributed by atoms with E-state index in [2.05, 4.69) is 23.8 Å². The highest BCUT2D eigenvalue weighted by molar-refractivity contribution is 6.32. The molecule has 0 atom stereocenters. The van der Waals surface area contributed by atoms with E-state index < -0.39 is 5.97 Å². The third-order valence-corrected chi connectivity index (χ3v) is 6.32. The molecule has 6 heteroatoms. The van der Waals surface area contributed by atoms with E-state index in [4.69, 9.17) is 21.1 Å². The fraction of sp³-hybridized carbons (Fsp3) is 0.433. The first kappa shape index (κ1) is 27.7. The van der Waals surface area contributed by atoms with Gasteiger partial charge in [-0.25, -0.2) is 14.8 Å². The van der Waals surface area contributed by atoms with E-state index >= 15 is 0 Å². The van der Waals surface area contributed by atoms with Crippen LogP contribution in [-0.2, 0) is 6.42 Å². The van der Waals surface area contributed by atoms with Gasteiger partial charge in [0, 0.05) is 18.0 Å². The zero-order valence-electron chi connectivity index (χ0n) is 21.5. The third kappa shape index (κ3) is 8.94. The number of hydrogen-bond acceptors (Lipinski definition) is 5. The normalized spacial score (nSPS) is 10.9. The van der Waals surface area contributed by atoms with E-state index in [0.29, 0.717) is 34.5 Å². The van der Waals surface area contributed by atoms with Gasteiger partial charge in [-0.2, -0.15) is 0 Å². The van der Waals surface area contributed by atoms with Crippen LogP contribution in [-0.4, -0.2) is 22.5 Å². The van der Waals surface area contributed by atoms with Gasteiger partial charge >= 0.3 is 5.97 Å². The fourth-order valence-corrected chi connectivity index (χ4v) is 4.09. The SMILES string of the molecule is CCCCCCCOc1ccc(C(=O)Oc2ccc(-c3ncc(CCCCCC)cn3)cc2)cc1Cl. The minimum atomic E-state index is -0.473. The molecule has 0 aliphatic rings. The molecule has 0 bridgehead atoms. The lowest BCUT2D eigenvalue weighted by molar-refractivity contribution is 0.0734. The van der Waals surface area contributed by atoms with Crippen molar-refractivity contribution in [2.45, 2.75) is 78.1 Å². The van der Waals surface area contributed by atoms with E-state index in [1.54, 1.807) is 30.3 Å². The number of unbranched alkanes of at least 4 members (excludes halogenated alkanes) is 7. The lowest BCUT2D eigenvalue weighted by Gasteiger charge is -2.10. The van der Waals surface area contributed by atoms with Crippen molar-refractivity contribution in [3.8, 4) is 22.9 Å². The molecule has 0 saturated carbocycles. The summed E-state index contributed by atoms with van der Waals surface area (Å²) in [5.41, 5.74) is 2.39. The van der Waals surface area contributed by atoms with Gasteiger partial charge in [0.15, 0.2) is 5.82 Å². The van der Waals surface area contributed by atoms with Crippen LogP contribution in [0, 0.1) is 0 Å². The van der Waals surface area contributed by atoms with Crippen molar-refractivity contribution in [2.75, 3.05) is 6.61 Å². The molecule has 3 rings (SSSR count). The highest BCUT2D eigenvalue weighted by Gasteiger charge is 2.12. The number of carbonyl (C=O) groups excluding carboxylic acids is 1. The van der Waals surface area contributed by atoms with Gasteiger partial charge in [-0.3, -0.25) is 0 Å². The number of aromatic nitrogens is 2. The summed E-state index contributed by atoms with van der Waals surface area (Å²) in [6.07, 6.45) is 15.5. The van der Waals surface area contributed by atoms with E-state index in [0.717, 1.165) is 36.8 Å². The van der Waals surface area contributed by atoms with Gasteiger partial charge in [-0.05, 0) is 67.3 Å². The maximum Gasteiger partial charge on any atom is 0.343 e. The van der Waals surface area contributed by atoms with Crippen molar-refractivity contribution >= 4 is 17.6 Å². The van der Waals surface area contributed by atoms with E-state index in [-0.39, 0.29) is 0 Å². The second kappa shape index (κ2) is 15.2. The monoisotopic (exact) mass is 508 g/mol. The Hall–Kier alpha value is -2.92. The second-order valence-electron chi connectivity index (χ2n) is 9.05. The Labute approximate surface area is 220 Å². The van der Waals surface area contributed by atoms with E-state index in [9.17, 15) is 4.79 Å². The van der Waals surface area contributed by atoms with Crippen molar-refractivity contribution in [1.82, 2.24) is 9.97 Å². The molecular weight excluding hydrogens is 472 g/mol. The number of esters is 1. The summed E-state index contributed by atoms with van der Waals surface area (Å²) in [5.74, 6) is 1.21. The average molecular weight is 509 g/mol. The summed E-state index contributed by atoms with van der Waals surface area (Å²) in [4.78, 5) is 21.6. The zero-order chi connectivity index (χ0) is 25.6. The summed E-state index contributed by atoms with van der Waals surface area (Å²) < 4.78 is 11.3. The number of rotatable bonds is 15. The standard InChI is InChI=1S/C30H37ClN2O3/c1-3-5-7-9-11-19-35-28-18-15-25(20-27(28)31)30(34)36-26-16-13-24(14-17-26)29-32-21-23(22-33-29)12-10-8-6-4-2/h13-18,20-22H,3-12,19H2,1-2H3. The van der Waals surface area contributed by atoms with Crippen LogP contribution in [0.15, 0.2) is 54.9 Å². The van der Waals surface area contributed by atoms with Crippen molar-refractivity contribution in [3.05, 3.63) is 71.0 Å². The zero-order valence-corrected chi connectivity index (χ0v) is 22.2. The molecule has 0 radical (unpaired) electrons. The quantitative estimate of drug-likeness (QED) is 0.117. The first-order valence-electron chi connectivity index (χ1n) is 13.2. The van der Waals surface area contributed by atoms with Gasteiger partial charge in [-0.1, -0.05) is 70.4 Å². The molecule has 0 aliphatic carbocycles. The second-order valence-corrected chi connectivity index (χ2v) is 9.45. The number of hydrogen-bond donors (Lipinski definition) is 0. The van der Waals surface area contributed by atoms with Crippen LogP contribution in [0.3, 0.4) is 0 Å². The summed E-state index contributed by atoms with van der Waals surface area (Å²) in [5, 5.41) is 0.402.